The molecular weight excluding hydrogens is 344 g/mol. The van der Waals surface area contributed by atoms with Crippen molar-refractivity contribution in [2.24, 2.45) is 0 Å². The summed E-state index contributed by atoms with van der Waals surface area (Å²) in [5, 5.41) is 5.86. The molecule has 0 saturated carbocycles. The monoisotopic (exact) mass is 358 g/mol. The van der Waals surface area contributed by atoms with Crippen molar-refractivity contribution in [3.63, 3.8) is 0 Å². The molecule has 26 heavy (non-hydrogen) atoms. The number of carbonyl (C=O) groups excluding carboxylic acids is 1. The SMILES string of the molecule is O=C(Nc1cccc(-c2csc(-c3ccncc3)n2)c1)c1ccncc1. The van der Waals surface area contributed by atoms with Crippen molar-refractivity contribution in [3.05, 3.63) is 84.3 Å². The Morgan fingerprint density at radius 2 is 1.62 bits per heavy atom. The Balaban J connectivity index is 1.57. The molecule has 6 heteroatoms. The van der Waals surface area contributed by atoms with Gasteiger partial charge in [0.2, 0.25) is 0 Å². The fourth-order valence-electron chi connectivity index (χ4n) is 2.50. The van der Waals surface area contributed by atoms with Crippen molar-refractivity contribution in [3.8, 4) is 21.8 Å². The van der Waals surface area contributed by atoms with Gasteiger partial charge >= 0.3 is 0 Å². The molecule has 0 unspecified atom stereocenters. The van der Waals surface area contributed by atoms with Crippen LogP contribution < -0.4 is 5.32 Å². The lowest BCUT2D eigenvalue weighted by Gasteiger charge is -2.06. The maximum absolute atomic E-state index is 12.3. The van der Waals surface area contributed by atoms with Crippen LogP contribution in [0.4, 0.5) is 5.69 Å². The van der Waals surface area contributed by atoms with Gasteiger partial charge in [0.15, 0.2) is 0 Å². The predicted octanol–water partition coefficient (Wildman–Crippen LogP) is 4.52. The van der Waals surface area contributed by atoms with Gasteiger partial charge < -0.3 is 5.32 Å². The predicted molar refractivity (Wildman–Crippen MR) is 103 cm³/mol. The fourth-order valence-corrected chi connectivity index (χ4v) is 3.33. The highest BCUT2D eigenvalue weighted by molar-refractivity contribution is 7.13. The van der Waals surface area contributed by atoms with Crippen LogP contribution in [0.25, 0.3) is 21.8 Å². The molecule has 0 aliphatic rings. The molecular formula is C20H14N4OS. The Hall–Kier alpha value is -3.38. The van der Waals surface area contributed by atoms with Crippen molar-refractivity contribution in [1.82, 2.24) is 15.0 Å². The van der Waals surface area contributed by atoms with Gasteiger partial charge in [0.25, 0.3) is 5.91 Å². The normalized spacial score (nSPS) is 10.5. The average Bonchev–Trinajstić information content (AvgIpc) is 3.20. The quantitative estimate of drug-likeness (QED) is 0.582. The Labute approximate surface area is 154 Å². The number of thiazole rings is 1. The number of amides is 1. The first-order valence-electron chi connectivity index (χ1n) is 7.97. The molecule has 5 nitrogen and oxygen atoms in total. The van der Waals surface area contributed by atoms with Crippen LogP contribution in [-0.2, 0) is 0 Å². The van der Waals surface area contributed by atoms with Crippen molar-refractivity contribution >= 4 is 22.9 Å². The fraction of sp³-hybridized carbons (Fsp3) is 0. The number of hydrogen-bond acceptors (Lipinski definition) is 5. The molecule has 0 aliphatic carbocycles. The molecule has 0 bridgehead atoms. The van der Waals surface area contributed by atoms with Crippen molar-refractivity contribution in [2.75, 3.05) is 5.32 Å². The minimum absolute atomic E-state index is 0.166. The van der Waals surface area contributed by atoms with E-state index in [2.05, 4.69) is 15.3 Å². The van der Waals surface area contributed by atoms with Crippen LogP contribution in [0, 0.1) is 0 Å². The lowest BCUT2D eigenvalue weighted by atomic mass is 10.1. The van der Waals surface area contributed by atoms with E-state index in [9.17, 15) is 4.79 Å². The zero-order valence-electron chi connectivity index (χ0n) is 13.7. The summed E-state index contributed by atoms with van der Waals surface area (Å²) in [6, 6.07) is 14.9. The first kappa shape index (κ1) is 16.1. The van der Waals surface area contributed by atoms with Gasteiger partial charge in [-0.3, -0.25) is 14.8 Å². The zero-order valence-corrected chi connectivity index (χ0v) is 14.5. The third kappa shape index (κ3) is 3.50. The summed E-state index contributed by atoms with van der Waals surface area (Å²) in [4.78, 5) is 24.9. The summed E-state index contributed by atoms with van der Waals surface area (Å²) in [6.07, 6.45) is 6.71. The Morgan fingerprint density at radius 1 is 0.885 bits per heavy atom. The number of carbonyl (C=O) groups is 1. The first-order valence-corrected chi connectivity index (χ1v) is 8.85. The van der Waals surface area contributed by atoms with Crippen LogP contribution in [0.5, 0.6) is 0 Å². The zero-order chi connectivity index (χ0) is 17.8. The highest BCUT2D eigenvalue weighted by Gasteiger charge is 2.09. The number of aromatic nitrogens is 3. The summed E-state index contributed by atoms with van der Waals surface area (Å²) in [5.41, 5.74) is 4.16. The van der Waals surface area contributed by atoms with E-state index in [1.54, 1.807) is 48.3 Å². The maximum Gasteiger partial charge on any atom is 0.255 e. The standard InChI is InChI=1S/C20H14N4OS/c25-19(14-4-8-21-9-5-14)23-17-3-1-2-16(12-17)18-13-26-20(24-18)15-6-10-22-11-7-15/h1-13H,(H,23,25). The first-order chi connectivity index (χ1) is 12.8. The van der Waals surface area contributed by atoms with Gasteiger partial charge in [0.05, 0.1) is 5.69 Å². The Bertz CT molecular complexity index is 1030. The van der Waals surface area contributed by atoms with Crippen LogP contribution in [0.2, 0.25) is 0 Å². The van der Waals surface area contributed by atoms with E-state index in [1.165, 1.54) is 0 Å². The number of rotatable bonds is 4. The summed E-state index contributed by atoms with van der Waals surface area (Å²) < 4.78 is 0. The van der Waals surface area contributed by atoms with Gasteiger partial charge in [-0.1, -0.05) is 12.1 Å². The van der Waals surface area contributed by atoms with E-state index in [0.29, 0.717) is 5.56 Å². The van der Waals surface area contributed by atoms with Crippen molar-refractivity contribution in [2.45, 2.75) is 0 Å². The minimum Gasteiger partial charge on any atom is -0.322 e. The number of benzene rings is 1. The molecule has 0 saturated heterocycles. The Kier molecular flexibility index (Phi) is 4.49. The summed E-state index contributed by atoms with van der Waals surface area (Å²) in [5.74, 6) is -0.166. The van der Waals surface area contributed by atoms with Crippen molar-refractivity contribution < 1.29 is 4.79 Å². The van der Waals surface area contributed by atoms with Crippen LogP contribution in [-0.4, -0.2) is 20.9 Å². The van der Waals surface area contributed by atoms with Gasteiger partial charge in [-0.15, -0.1) is 11.3 Å². The number of anilines is 1. The summed E-state index contributed by atoms with van der Waals surface area (Å²) in [6.45, 7) is 0. The average molecular weight is 358 g/mol. The molecule has 0 radical (unpaired) electrons. The highest BCUT2D eigenvalue weighted by Crippen LogP contribution is 2.29. The number of pyridine rings is 2. The lowest BCUT2D eigenvalue weighted by Crippen LogP contribution is -2.11. The minimum atomic E-state index is -0.166. The second-order valence-electron chi connectivity index (χ2n) is 5.54. The molecule has 0 aliphatic heterocycles. The highest BCUT2D eigenvalue weighted by atomic mass is 32.1. The molecule has 3 aromatic heterocycles. The molecule has 0 atom stereocenters. The van der Waals surface area contributed by atoms with Gasteiger partial charge in [0, 0.05) is 52.5 Å². The number of nitrogens with one attached hydrogen (secondary N) is 1. The van der Waals surface area contributed by atoms with Crippen LogP contribution in [0.1, 0.15) is 10.4 Å². The molecule has 1 N–H and O–H groups in total. The van der Waals surface area contributed by atoms with E-state index in [1.807, 2.05) is 41.8 Å². The maximum atomic E-state index is 12.3. The molecule has 0 spiro atoms. The second-order valence-corrected chi connectivity index (χ2v) is 6.40. The molecule has 3 heterocycles. The van der Waals surface area contributed by atoms with Crippen LogP contribution in [0.3, 0.4) is 0 Å². The largest absolute Gasteiger partial charge is 0.322 e. The molecule has 0 fully saturated rings. The smallest absolute Gasteiger partial charge is 0.255 e. The second kappa shape index (κ2) is 7.25. The molecule has 1 amide bonds. The van der Waals surface area contributed by atoms with Crippen LogP contribution in [0.15, 0.2) is 78.7 Å². The number of nitrogens with zero attached hydrogens (tertiary/aromatic N) is 3. The topological polar surface area (TPSA) is 67.8 Å². The van der Waals surface area contributed by atoms with E-state index in [4.69, 9.17) is 4.98 Å². The third-order valence-electron chi connectivity index (χ3n) is 3.79. The van der Waals surface area contributed by atoms with E-state index in [0.717, 1.165) is 27.5 Å². The summed E-state index contributed by atoms with van der Waals surface area (Å²) in [7, 11) is 0. The van der Waals surface area contributed by atoms with Gasteiger partial charge in [0.1, 0.15) is 5.01 Å². The third-order valence-corrected chi connectivity index (χ3v) is 4.68. The molecule has 4 aromatic rings. The summed E-state index contributed by atoms with van der Waals surface area (Å²) >= 11 is 1.58. The van der Waals surface area contributed by atoms with E-state index < -0.39 is 0 Å². The van der Waals surface area contributed by atoms with Gasteiger partial charge in [-0.25, -0.2) is 4.98 Å². The Morgan fingerprint density at radius 3 is 2.38 bits per heavy atom. The molecule has 4 rings (SSSR count). The molecule has 126 valence electrons. The van der Waals surface area contributed by atoms with Gasteiger partial charge in [-0.2, -0.15) is 0 Å². The van der Waals surface area contributed by atoms with Gasteiger partial charge in [-0.05, 0) is 36.4 Å². The van der Waals surface area contributed by atoms with Crippen LogP contribution >= 0.6 is 11.3 Å². The van der Waals surface area contributed by atoms with Crippen molar-refractivity contribution in [1.29, 1.82) is 0 Å². The van der Waals surface area contributed by atoms with E-state index in [-0.39, 0.29) is 5.91 Å². The molecule has 1 aromatic carbocycles. The number of hydrogen-bond donors (Lipinski definition) is 1. The lowest BCUT2D eigenvalue weighted by molar-refractivity contribution is 0.102. The van der Waals surface area contributed by atoms with E-state index >= 15 is 0 Å².